The maximum absolute atomic E-state index is 12.6. The van der Waals surface area contributed by atoms with Crippen LogP contribution in [-0.4, -0.2) is 19.0 Å². The van der Waals surface area contributed by atoms with Gasteiger partial charge in [0.05, 0.1) is 0 Å². The first kappa shape index (κ1) is 22.0. The van der Waals surface area contributed by atoms with Gasteiger partial charge < -0.3 is 15.5 Å². The molecule has 2 rings (SSSR count). The van der Waals surface area contributed by atoms with Gasteiger partial charge in [-0.25, -0.2) is 0 Å². The minimum atomic E-state index is -0.415. The Labute approximate surface area is 174 Å². The Morgan fingerprint density at radius 2 is 1.83 bits per heavy atom. The number of carbonyl (C=O) groups is 1. The first-order valence-electron chi connectivity index (χ1n) is 10.1. The lowest BCUT2D eigenvalue weighted by Crippen LogP contribution is -2.21. The molecule has 2 aromatic rings. The zero-order valence-electron chi connectivity index (χ0n) is 18.0. The normalized spacial score (nSPS) is 11.0. The molecule has 5 nitrogen and oxygen atoms in total. The second kappa shape index (κ2) is 10.3. The molecule has 0 aliphatic heterocycles. The Bertz CT molecular complexity index is 936. The van der Waals surface area contributed by atoms with Gasteiger partial charge in [0.25, 0.3) is 5.91 Å². The van der Waals surface area contributed by atoms with Crippen molar-refractivity contribution in [3.63, 3.8) is 0 Å². The Morgan fingerprint density at radius 3 is 2.41 bits per heavy atom. The SMILES string of the molecule is CCc1cccc(C)c1NC(=O)/C(C#N)=C\Nc1ccc(N(CC)CC)cc1C. The Balaban J connectivity index is 2.19. The summed E-state index contributed by atoms with van der Waals surface area (Å²) >= 11 is 0. The van der Waals surface area contributed by atoms with Crippen molar-refractivity contribution in [3.8, 4) is 6.07 Å². The molecule has 0 aliphatic carbocycles. The number of aryl methyl sites for hydroxylation is 3. The summed E-state index contributed by atoms with van der Waals surface area (Å²) in [6, 6.07) is 14.0. The van der Waals surface area contributed by atoms with Crippen molar-refractivity contribution in [1.82, 2.24) is 0 Å². The highest BCUT2D eigenvalue weighted by molar-refractivity contribution is 6.07. The van der Waals surface area contributed by atoms with Gasteiger partial charge in [0.1, 0.15) is 11.6 Å². The predicted octanol–water partition coefficient (Wildman–Crippen LogP) is 5.17. The number of nitrogens with one attached hydrogen (secondary N) is 2. The summed E-state index contributed by atoms with van der Waals surface area (Å²) in [6.45, 7) is 12.1. The summed E-state index contributed by atoms with van der Waals surface area (Å²) in [5, 5.41) is 15.5. The van der Waals surface area contributed by atoms with Gasteiger partial charge in [-0.05, 0) is 69.0 Å². The van der Waals surface area contributed by atoms with E-state index in [-0.39, 0.29) is 5.57 Å². The fourth-order valence-electron chi connectivity index (χ4n) is 3.28. The number of hydrogen-bond acceptors (Lipinski definition) is 4. The van der Waals surface area contributed by atoms with Crippen molar-refractivity contribution < 1.29 is 4.79 Å². The first-order valence-corrected chi connectivity index (χ1v) is 10.1. The average Bonchev–Trinajstić information content (AvgIpc) is 2.72. The van der Waals surface area contributed by atoms with E-state index in [0.29, 0.717) is 0 Å². The number of nitriles is 1. The summed E-state index contributed by atoms with van der Waals surface area (Å²) in [7, 11) is 0. The van der Waals surface area contributed by atoms with Crippen molar-refractivity contribution in [1.29, 1.82) is 5.26 Å². The lowest BCUT2D eigenvalue weighted by Gasteiger charge is -2.22. The topological polar surface area (TPSA) is 68.2 Å². The van der Waals surface area contributed by atoms with Crippen molar-refractivity contribution in [2.75, 3.05) is 28.6 Å². The fourth-order valence-corrected chi connectivity index (χ4v) is 3.28. The van der Waals surface area contributed by atoms with E-state index in [1.54, 1.807) is 0 Å². The number of anilines is 3. The van der Waals surface area contributed by atoms with Crippen LogP contribution < -0.4 is 15.5 Å². The van der Waals surface area contributed by atoms with Crippen molar-refractivity contribution >= 4 is 23.0 Å². The zero-order valence-corrected chi connectivity index (χ0v) is 18.0. The van der Waals surface area contributed by atoms with E-state index in [9.17, 15) is 10.1 Å². The van der Waals surface area contributed by atoms with Crippen LogP contribution in [0.3, 0.4) is 0 Å². The van der Waals surface area contributed by atoms with Gasteiger partial charge in [-0.15, -0.1) is 0 Å². The highest BCUT2D eigenvalue weighted by atomic mass is 16.1. The Kier molecular flexibility index (Phi) is 7.85. The second-order valence-electron chi connectivity index (χ2n) is 6.90. The highest BCUT2D eigenvalue weighted by Crippen LogP contribution is 2.24. The smallest absolute Gasteiger partial charge is 0.267 e. The van der Waals surface area contributed by atoms with E-state index < -0.39 is 5.91 Å². The third-order valence-corrected chi connectivity index (χ3v) is 5.05. The van der Waals surface area contributed by atoms with E-state index in [1.807, 2.05) is 57.2 Å². The third-order valence-electron chi connectivity index (χ3n) is 5.05. The molecule has 0 unspecified atom stereocenters. The number of rotatable bonds is 8. The molecule has 0 radical (unpaired) electrons. The molecule has 29 heavy (non-hydrogen) atoms. The molecule has 152 valence electrons. The van der Waals surface area contributed by atoms with Crippen LogP contribution in [0.1, 0.15) is 37.5 Å². The predicted molar refractivity (Wildman–Crippen MR) is 121 cm³/mol. The van der Waals surface area contributed by atoms with Gasteiger partial charge in [0, 0.05) is 36.4 Å². The van der Waals surface area contributed by atoms with Crippen molar-refractivity contribution in [3.05, 3.63) is 64.9 Å². The highest BCUT2D eigenvalue weighted by Gasteiger charge is 2.13. The summed E-state index contributed by atoms with van der Waals surface area (Å²) in [6.07, 6.45) is 2.28. The fraction of sp³-hybridized carbons (Fsp3) is 0.333. The van der Waals surface area contributed by atoms with Crippen LogP contribution in [0, 0.1) is 25.2 Å². The van der Waals surface area contributed by atoms with Crippen LogP contribution >= 0.6 is 0 Å². The molecule has 0 aromatic heterocycles. The minimum absolute atomic E-state index is 0.0301. The van der Waals surface area contributed by atoms with Gasteiger partial charge in [-0.1, -0.05) is 25.1 Å². The van der Waals surface area contributed by atoms with E-state index >= 15 is 0 Å². The van der Waals surface area contributed by atoms with Crippen LogP contribution in [0.4, 0.5) is 17.1 Å². The number of nitrogens with zero attached hydrogens (tertiary/aromatic N) is 2. The van der Waals surface area contributed by atoms with Gasteiger partial charge in [0.15, 0.2) is 0 Å². The van der Waals surface area contributed by atoms with Crippen LogP contribution in [0.25, 0.3) is 0 Å². The molecule has 0 aliphatic rings. The molecule has 0 saturated carbocycles. The maximum Gasteiger partial charge on any atom is 0.267 e. The first-order chi connectivity index (χ1) is 13.9. The summed E-state index contributed by atoms with van der Waals surface area (Å²) in [5.41, 5.74) is 5.91. The third kappa shape index (κ3) is 5.39. The van der Waals surface area contributed by atoms with Crippen LogP contribution in [0.15, 0.2) is 48.2 Å². The van der Waals surface area contributed by atoms with E-state index in [0.717, 1.165) is 53.3 Å². The van der Waals surface area contributed by atoms with Crippen LogP contribution in [0.2, 0.25) is 0 Å². The van der Waals surface area contributed by atoms with Crippen LogP contribution in [0.5, 0.6) is 0 Å². The molecule has 0 saturated heterocycles. The Morgan fingerprint density at radius 1 is 1.10 bits per heavy atom. The number of amides is 1. The molecule has 2 aromatic carbocycles. The number of carbonyl (C=O) groups excluding carboxylic acids is 1. The van der Waals surface area contributed by atoms with E-state index in [2.05, 4.69) is 35.4 Å². The van der Waals surface area contributed by atoms with Gasteiger partial charge in [0.2, 0.25) is 0 Å². The van der Waals surface area contributed by atoms with E-state index in [4.69, 9.17) is 0 Å². The summed E-state index contributed by atoms with van der Waals surface area (Å²) in [5.74, 6) is -0.415. The number of hydrogen-bond donors (Lipinski definition) is 2. The van der Waals surface area contributed by atoms with Gasteiger partial charge in [-0.3, -0.25) is 4.79 Å². The second-order valence-corrected chi connectivity index (χ2v) is 6.90. The Hall–Kier alpha value is -3.26. The molecule has 1 amide bonds. The molecule has 0 fully saturated rings. The molecule has 0 bridgehead atoms. The lowest BCUT2D eigenvalue weighted by molar-refractivity contribution is -0.112. The molecular formula is C24H30N4O. The van der Waals surface area contributed by atoms with E-state index in [1.165, 1.54) is 6.20 Å². The van der Waals surface area contributed by atoms with Crippen molar-refractivity contribution in [2.45, 2.75) is 41.0 Å². The molecular weight excluding hydrogens is 360 g/mol. The number of para-hydroxylation sites is 1. The monoisotopic (exact) mass is 390 g/mol. The largest absolute Gasteiger partial charge is 0.372 e. The molecule has 0 heterocycles. The molecule has 2 N–H and O–H groups in total. The molecule has 0 atom stereocenters. The molecule has 0 spiro atoms. The van der Waals surface area contributed by atoms with Gasteiger partial charge in [-0.2, -0.15) is 5.26 Å². The van der Waals surface area contributed by atoms with Crippen molar-refractivity contribution in [2.24, 2.45) is 0 Å². The summed E-state index contributed by atoms with van der Waals surface area (Å²) in [4.78, 5) is 14.9. The standard InChI is InChI=1S/C24H30N4O/c1-6-19-11-9-10-17(4)23(19)27-24(29)20(15-25)16-26-22-13-12-21(14-18(22)5)28(7-2)8-3/h9-14,16,26H,6-8H2,1-5H3,(H,27,29)/b20-16-. The number of benzene rings is 2. The maximum atomic E-state index is 12.6. The minimum Gasteiger partial charge on any atom is -0.372 e. The quantitative estimate of drug-likeness (QED) is 0.482. The average molecular weight is 391 g/mol. The van der Waals surface area contributed by atoms with Crippen LogP contribution in [-0.2, 0) is 11.2 Å². The molecule has 5 heteroatoms. The lowest BCUT2D eigenvalue weighted by atomic mass is 10.1. The zero-order chi connectivity index (χ0) is 21.4. The summed E-state index contributed by atoms with van der Waals surface area (Å²) < 4.78 is 0. The van der Waals surface area contributed by atoms with Gasteiger partial charge >= 0.3 is 0 Å².